The van der Waals surface area contributed by atoms with Gasteiger partial charge in [-0.3, -0.25) is 4.79 Å². The van der Waals surface area contributed by atoms with E-state index in [0.29, 0.717) is 12.3 Å². The predicted octanol–water partition coefficient (Wildman–Crippen LogP) is 2.70. The van der Waals surface area contributed by atoms with E-state index in [0.717, 1.165) is 16.7 Å². The Morgan fingerprint density at radius 1 is 1.26 bits per heavy atom. The first kappa shape index (κ1) is 16.9. The van der Waals surface area contributed by atoms with E-state index in [1.165, 1.54) is 6.33 Å². The maximum atomic E-state index is 12.7. The van der Waals surface area contributed by atoms with E-state index in [1.54, 1.807) is 36.6 Å². The number of hydrogen-bond donors (Lipinski definition) is 0. The zero-order valence-corrected chi connectivity index (χ0v) is 15.0. The number of carbonyl (C=O) groups is 1. The van der Waals surface area contributed by atoms with Gasteiger partial charge in [0.2, 0.25) is 0 Å². The Labute approximate surface area is 155 Å². The van der Waals surface area contributed by atoms with Gasteiger partial charge in [0, 0.05) is 19.3 Å². The highest BCUT2D eigenvalue weighted by molar-refractivity contribution is 5.92. The van der Waals surface area contributed by atoms with E-state index in [-0.39, 0.29) is 17.6 Å². The highest BCUT2D eigenvalue weighted by Gasteiger charge is 2.23. The number of carbonyl (C=O) groups excluding carboxylic acids is 1. The lowest BCUT2D eigenvalue weighted by Gasteiger charge is -2.23. The Morgan fingerprint density at radius 3 is 2.93 bits per heavy atom. The monoisotopic (exact) mass is 362 g/mol. The van der Waals surface area contributed by atoms with Gasteiger partial charge < -0.3 is 14.0 Å². The summed E-state index contributed by atoms with van der Waals surface area (Å²) in [4.78, 5) is 26.8. The number of rotatable bonds is 5. The van der Waals surface area contributed by atoms with E-state index >= 15 is 0 Å². The SMILES string of the molecule is CC(c1ccncn1)N(C)C(=O)c1cc(Cn2cnc3ccccc32)on1. The van der Waals surface area contributed by atoms with Crippen molar-refractivity contribution >= 4 is 16.9 Å². The van der Waals surface area contributed by atoms with Gasteiger partial charge in [-0.15, -0.1) is 0 Å². The van der Waals surface area contributed by atoms with Crippen molar-refractivity contribution in [1.29, 1.82) is 0 Å². The number of fused-ring (bicyclic) bond motifs is 1. The molecule has 4 rings (SSSR count). The van der Waals surface area contributed by atoms with Crippen molar-refractivity contribution in [2.45, 2.75) is 19.5 Å². The molecule has 3 heterocycles. The molecule has 0 N–H and O–H groups in total. The number of aromatic nitrogens is 5. The zero-order chi connectivity index (χ0) is 18.8. The Kier molecular flexibility index (Phi) is 4.37. The minimum absolute atomic E-state index is 0.210. The highest BCUT2D eigenvalue weighted by Crippen LogP contribution is 2.19. The van der Waals surface area contributed by atoms with Gasteiger partial charge in [-0.2, -0.15) is 0 Å². The molecule has 1 atom stereocenters. The molecule has 27 heavy (non-hydrogen) atoms. The van der Waals surface area contributed by atoms with Crippen LogP contribution >= 0.6 is 0 Å². The molecule has 0 saturated carbocycles. The minimum atomic E-state index is -0.230. The van der Waals surface area contributed by atoms with Gasteiger partial charge in [-0.05, 0) is 25.1 Å². The lowest BCUT2D eigenvalue weighted by Crippen LogP contribution is -2.30. The molecule has 0 aliphatic rings. The van der Waals surface area contributed by atoms with Crippen LogP contribution in [0.5, 0.6) is 0 Å². The van der Waals surface area contributed by atoms with Crippen molar-refractivity contribution in [3.63, 3.8) is 0 Å². The summed E-state index contributed by atoms with van der Waals surface area (Å²) in [6.07, 6.45) is 4.87. The molecule has 1 amide bonds. The lowest BCUT2D eigenvalue weighted by atomic mass is 10.2. The molecule has 3 aromatic heterocycles. The topological polar surface area (TPSA) is 89.9 Å². The van der Waals surface area contributed by atoms with E-state index in [9.17, 15) is 4.79 Å². The Balaban J connectivity index is 1.51. The van der Waals surface area contributed by atoms with Crippen LogP contribution in [0.25, 0.3) is 11.0 Å². The number of benzene rings is 1. The van der Waals surface area contributed by atoms with Crippen LogP contribution < -0.4 is 0 Å². The average Bonchev–Trinajstić information content (AvgIpc) is 3.35. The van der Waals surface area contributed by atoms with Crippen molar-refractivity contribution in [1.82, 2.24) is 29.6 Å². The van der Waals surface area contributed by atoms with Crippen LogP contribution in [0.4, 0.5) is 0 Å². The van der Waals surface area contributed by atoms with Crippen LogP contribution in [0.15, 0.2) is 59.8 Å². The summed E-state index contributed by atoms with van der Waals surface area (Å²) >= 11 is 0. The Morgan fingerprint density at radius 2 is 2.11 bits per heavy atom. The third kappa shape index (κ3) is 3.29. The van der Waals surface area contributed by atoms with Crippen LogP contribution in [-0.4, -0.2) is 42.5 Å². The largest absolute Gasteiger partial charge is 0.359 e. The second kappa shape index (κ2) is 6.99. The molecule has 0 bridgehead atoms. The first-order chi connectivity index (χ1) is 13.1. The summed E-state index contributed by atoms with van der Waals surface area (Å²) in [6, 6.07) is 11.1. The fourth-order valence-corrected chi connectivity index (χ4v) is 2.90. The van der Waals surface area contributed by atoms with Crippen LogP contribution in [-0.2, 0) is 6.54 Å². The normalized spacial score (nSPS) is 12.2. The molecule has 0 saturated heterocycles. The number of nitrogens with zero attached hydrogens (tertiary/aromatic N) is 6. The molecule has 4 aromatic rings. The summed E-state index contributed by atoms with van der Waals surface area (Å²) in [5.74, 6) is 0.358. The van der Waals surface area contributed by atoms with Gasteiger partial charge in [0.1, 0.15) is 6.33 Å². The zero-order valence-electron chi connectivity index (χ0n) is 15.0. The van der Waals surface area contributed by atoms with Gasteiger partial charge in [0.15, 0.2) is 11.5 Å². The molecule has 0 fully saturated rings. The lowest BCUT2D eigenvalue weighted by molar-refractivity contribution is 0.0729. The first-order valence-corrected chi connectivity index (χ1v) is 8.52. The van der Waals surface area contributed by atoms with E-state index in [4.69, 9.17) is 4.52 Å². The molecule has 0 aliphatic heterocycles. The van der Waals surface area contributed by atoms with Crippen LogP contribution in [0.3, 0.4) is 0 Å². The van der Waals surface area contributed by atoms with Crippen LogP contribution in [0.2, 0.25) is 0 Å². The van der Waals surface area contributed by atoms with E-state index < -0.39 is 0 Å². The number of hydrogen-bond acceptors (Lipinski definition) is 6. The summed E-state index contributed by atoms with van der Waals surface area (Å²) in [5, 5.41) is 3.94. The maximum absolute atomic E-state index is 12.7. The number of imidazole rings is 1. The molecule has 0 radical (unpaired) electrons. The fourth-order valence-electron chi connectivity index (χ4n) is 2.90. The molecule has 136 valence electrons. The number of amides is 1. The third-order valence-electron chi connectivity index (χ3n) is 4.57. The second-order valence-corrected chi connectivity index (χ2v) is 6.27. The highest BCUT2D eigenvalue weighted by atomic mass is 16.5. The summed E-state index contributed by atoms with van der Waals surface area (Å²) in [6.45, 7) is 2.35. The number of para-hydroxylation sites is 2. The molecule has 8 nitrogen and oxygen atoms in total. The smallest absolute Gasteiger partial charge is 0.276 e. The first-order valence-electron chi connectivity index (χ1n) is 8.52. The van der Waals surface area contributed by atoms with Gasteiger partial charge in [-0.25, -0.2) is 15.0 Å². The minimum Gasteiger partial charge on any atom is -0.359 e. The van der Waals surface area contributed by atoms with Crippen LogP contribution in [0, 0.1) is 0 Å². The third-order valence-corrected chi connectivity index (χ3v) is 4.57. The molecule has 0 spiro atoms. The average molecular weight is 362 g/mol. The molecule has 8 heteroatoms. The Hall–Kier alpha value is -3.55. The molecule has 1 aromatic carbocycles. The van der Waals surface area contributed by atoms with Crippen LogP contribution in [0.1, 0.15) is 34.9 Å². The van der Waals surface area contributed by atoms with Gasteiger partial charge in [0.25, 0.3) is 5.91 Å². The van der Waals surface area contributed by atoms with Crippen molar-refractivity contribution in [3.8, 4) is 0 Å². The van der Waals surface area contributed by atoms with E-state index in [1.807, 2.05) is 35.8 Å². The molecule has 1 unspecified atom stereocenters. The standard InChI is InChI=1S/C19H18N6O2/c1-13(15-7-8-20-11-21-15)24(2)19(26)17-9-14(27-23-17)10-25-12-22-16-5-3-4-6-18(16)25/h3-9,11-13H,10H2,1-2H3. The van der Waals surface area contributed by atoms with Gasteiger partial charge >= 0.3 is 0 Å². The summed E-state index contributed by atoms with van der Waals surface area (Å²) < 4.78 is 7.33. The van der Waals surface area contributed by atoms with Gasteiger partial charge in [-0.1, -0.05) is 17.3 Å². The summed E-state index contributed by atoms with van der Waals surface area (Å²) in [7, 11) is 1.72. The predicted molar refractivity (Wildman–Crippen MR) is 97.9 cm³/mol. The quantitative estimate of drug-likeness (QED) is 0.542. The van der Waals surface area contributed by atoms with E-state index in [2.05, 4.69) is 20.1 Å². The molecule has 0 aliphatic carbocycles. The summed E-state index contributed by atoms with van der Waals surface area (Å²) in [5.41, 5.74) is 2.93. The molecular formula is C19H18N6O2. The van der Waals surface area contributed by atoms with Gasteiger partial charge in [0.05, 0.1) is 35.6 Å². The fraction of sp³-hybridized carbons (Fsp3) is 0.211. The van der Waals surface area contributed by atoms with Crippen molar-refractivity contribution in [2.75, 3.05) is 7.05 Å². The van der Waals surface area contributed by atoms with Crippen molar-refractivity contribution in [3.05, 3.63) is 72.4 Å². The maximum Gasteiger partial charge on any atom is 0.276 e. The van der Waals surface area contributed by atoms with Crippen molar-refractivity contribution in [2.24, 2.45) is 0 Å². The Bertz CT molecular complexity index is 1070. The molecular weight excluding hydrogens is 344 g/mol. The second-order valence-electron chi connectivity index (χ2n) is 6.27. The van der Waals surface area contributed by atoms with Crippen molar-refractivity contribution < 1.29 is 9.32 Å².